The third-order valence-electron chi connectivity index (χ3n) is 4.02. The van der Waals surface area contributed by atoms with Gasteiger partial charge < -0.3 is 14.8 Å². The molecule has 0 unspecified atom stereocenters. The normalized spacial score (nSPS) is 12.1. The minimum atomic E-state index is -0.620. The van der Waals surface area contributed by atoms with E-state index < -0.39 is 5.91 Å². The summed E-state index contributed by atoms with van der Waals surface area (Å²) in [7, 11) is 2.80. The van der Waals surface area contributed by atoms with E-state index in [2.05, 4.69) is 11.9 Å². The van der Waals surface area contributed by atoms with Crippen LogP contribution in [0.4, 0.5) is 5.69 Å². The molecule has 0 heterocycles. The molecule has 26 heavy (non-hydrogen) atoms. The largest absolute Gasteiger partial charge is 0.496 e. The Morgan fingerprint density at radius 1 is 1.00 bits per heavy atom. The lowest BCUT2D eigenvalue weighted by Gasteiger charge is -2.22. The molecule has 7 heteroatoms. The lowest BCUT2D eigenvalue weighted by atomic mass is 9.82. The van der Waals surface area contributed by atoms with Gasteiger partial charge in [0.2, 0.25) is 5.78 Å². The number of anilines is 1. The van der Waals surface area contributed by atoms with Gasteiger partial charge in [-0.3, -0.25) is 14.4 Å². The molecule has 3 rings (SSSR count). The molecule has 1 aliphatic rings. The van der Waals surface area contributed by atoms with Crippen molar-refractivity contribution in [1.29, 1.82) is 0 Å². The first kappa shape index (κ1) is 17.7. The Hall–Kier alpha value is -3.12. The van der Waals surface area contributed by atoms with Crippen LogP contribution in [0.1, 0.15) is 31.8 Å². The Labute approximate surface area is 154 Å². The molecule has 0 saturated heterocycles. The van der Waals surface area contributed by atoms with E-state index in [9.17, 15) is 14.4 Å². The highest BCUT2D eigenvalue weighted by molar-refractivity contribution is 6.43. The van der Waals surface area contributed by atoms with Gasteiger partial charge in [0, 0.05) is 22.9 Å². The average Bonchev–Trinajstić information content (AvgIpc) is 2.64. The van der Waals surface area contributed by atoms with Gasteiger partial charge in [0.1, 0.15) is 11.5 Å². The molecule has 1 aliphatic carbocycles. The number of fused-ring (bicyclic) bond motifs is 2. The second-order valence-electron chi connectivity index (χ2n) is 5.50. The molecule has 1 N–H and O–H groups in total. The van der Waals surface area contributed by atoms with Crippen molar-refractivity contribution in [3.8, 4) is 11.5 Å². The SMILES string of the molecule is C=C(Cl)C(=O)Nc1cc(OC)c2c(c1)C(=O)c1cccc(OC)c1C2=O. The van der Waals surface area contributed by atoms with Gasteiger partial charge in [0.25, 0.3) is 5.91 Å². The van der Waals surface area contributed by atoms with Crippen LogP contribution in [-0.4, -0.2) is 31.7 Å². The quantitative estimate of drug-likeness (QED) is 0.712. The van der Waals surface area contributed by atoms with Gasteiger partial charge in [-0.25, -0.2) is 0 Å². The maximum absolute atomic E-state index is 13.0. The van der Waals surface area contributed by atoms with E-state index in [0.29, 0.717) is 5.75 Å². The van der Waals surface area contributed by atoms with Crippen LogP contribution in [0.2, 0.25) is 0 Å². The molecule has 2 aromatic rings. The Bertz CT molecular complexity index is 980. The summed E-state index contributed by atoms with van der Waals surface area (Å²) in [5, 5.41) is 2.30. The predicted molar refractivity (Wildman–Crippen MR) is 96.5 cm³/mol. The second-order valence-corrected chi connectivity index (χ2v) is 5.96. The van der Waals surface area contributed by atoms with E-state index in [1.165, 1.54) is 26.4 Å². The zero-order valence-electron chi connectivity index (χ0n) is 14.0. The van der Waals surface area contributed by atoms with Crippen LogP contribution in [-0.2, 0) is 4.79 Å². The summed E-state index contributed by atoms with van der Waals surface area (Å²) < 4.78 is 10.5. The predicted octanol–water partition coefficient (Wildman–Crippen LogP) is 3.17. The summed E-state index contributed by atoms with van der Waals surface area (Å²) in [4.78, 5) is 37.7. The molecule has 0 bridgehead atoms. The van der Waals surface area contributed by atoms with Crippen LogP contribution in [0.15, 0.2) is 41.9 Å². The number of hydrogen-bond donors (Lipinski definition) is 1. The topological polar surface area (TPSA) is 81.7 Å². The Morgan fingerprint density at radius 2 is 1.65 bits per heavy atom. The maximum atomic E-state index is 13.0. The van der Waals surface area contributed by atoms with Gasteiger partial charge in [0.05, 0.1) is 30.4 Å². The highest BCUT2D eigenvalue weighted by atomic mass is 35.5. The third kappa shape index (κ3) is 2.74. The van der Waals surface area contributed by atoms with E-state index >= 15 is 0 Å². The molecule has 1 amide bonds. The number of nitrogens with one attached hydrogen (secondary N) is 1. The molecule has 0 saturated carbocycles. The summed E-state index contributed by atoms with van der Waals surface area (Å²) in [6.45, 7) is 3.34. The summed E-state index contributed by atoms with van der Waals surface area (Å²) in [5.41, 5.74) is 0.938. The average molecular weight is 372 g/mol. The van der Waals surface area contributed by atoms with Gasteiger partial charge in [-0.1, -0.05) is 30.3 Å². The Morgan fingerprint density at radius 3 is 2.27 bits per heavy atom. The Kier molecular flexibility index (Phi) is 4.52. The number of rotatable bonds is 4. The molecule has 0 aliphatic heterocycles. The minimum Gasteiger partial charge on any atom is -0.496 e. The van der Waals surface area contributed by atoms with E-state index in [1.54, 1.807) is 18.2 Å². The van der Waals surface area contributed by atoms with Crippen LogP contribution >= 0.6 is 11.6 Å². The number of ether oxygens (including phenoxy) is 2. The van der Waals surface area contributed by atoms with Gasteiger partial charge in [0.15, 0.2) is 5.78 Å². The molecule has 2 aromatic carbocycles. The fraction of sp³-hybridized carbons (Fsp3) is 0.105. The van der Waals surface area contributed by atoms with Crippen LogP contribution < -0.4 is 14.8 Å². The zero-order chi connectivity index (χ0) is 19.0. The number of carbonyl (C=O) groups excluding carboxylic acids is 3. The molecule has 0 fully saturated rings. The van der Waals surface area contributed by atoms with Crippen molar-refractivity contribution in [2.75, 3.05) is 19.5 Å². The highest BCUT2D eigenvalue weighted by Gasteiger charge is 2.35. The van der Waals surface area contributed by atoms with Gasteiger partial charge in [-0.15, -0.1) is 0 Å². The maximum Gasteiger partial charge on any atom is 0.266 e. The smallest absolute Gasteiger partial charge is 0.266 e. The number of benzene rings is 2. The fourth-order valence-corrected chi connectivity index (χ4v) is 2.90. The zero-order valence-corrected chi connectivity index (χ0v) is 14.8. The van der Waals surface area contributed by atoms with E-state index in [1.807, 2.05) is 0 Å². The first-order valence-electron chi connectivity index (χ1n) is 7.53. The first-order valence-corrected chi connectivity index (χ1v) is 7.91. The van der Waals surface area contributed by atoms with Crippen LogP contribution in [0.25, 0.3) is 0 Å². The number of carbonyl (C=O) groups is 3. The first-order chi connectivity index (χ1) is 12.4. The van der Waals surface area contributed by atoms with Crippen molar-refractivity contribution < 1.29 is 23.9 Å². The Balaban J connectivity index is 2.20. The third-order valence-corrected chi connectivity index (χ3v) is 4.19. The van der Waals surface area contributed by atoms with E-state index in [0.717, 1.165) is 0 Å². The minimum absolute atomic E-state index is 0.122. The van der Waals surface area contributed by atoms with Crippen molar-refractivity contribution in [2.45, 2.75) is 0 Å². The lowest BCUT2D eigenvalue weighted by molar-refractivity contribution is -0.112. The number of hydrogen-bond acceptors (Lipinski definition) is 5. The van der Waals surface area contributed by atoms with E-state index in [4.69, 9.17) is 21.1 Å². The lowest BCUT2D eigenvalue weighted by Crippen LogP contribution is -2.23. The highest BCUT2D eigenvalue weighted by Crippen LogP contribution is 2.38. The molecule has 0 radical (unpaired) electrons. The standard InChI is InChI=1S/C19H14ClNO5/c1-9(20)19(24)21-10-7-12-16(14(8-10)26-3)18(23)15-11(17(12)22)5-4-6-13(15)25-2/h4-8H,1H2,2-3H3,(H,21,24). The van der Waals surface area contributed by atoms with Crippen molar-refractivity contribution >= 4 is 34.8 Å². The monoisotopic (exact) mass is 371 g/mol. The number of halogens is 1. The molecule has 0 atom stereocenters. The molecule has 6 nitrogen and oxygen atoms in total. The fourth-order valence-electron chi connectivity index (χ4n) is 2.86. The van der Waals surface area contributed by atoms with Gasteiger partial charge in [-0.05, 0) is 12.1 Å². The van der Waals surface area contributed by atoms with Crippen LogP contribution in [0, 0.1) is 0 Å². The molecule has 132 valence electrons. The van der Waals surface area contributed by atoms with Gasteiger partial charge >= 0.3 is 0 Å². The van der Waals surface area contributed by atoms with Gasteiger partial charge in [-0.2, -0.15) is 0 Å². The van der Waals surface area contributed by atoms with Crippen molar-refractivity contribution in [1.82, 2.24) is 0 Å². The number of ketones is 2. The summed E-state index contributed by atoms with van der Waals surface area (Å²) in [6, 6.07) is 7.66. The van der Waals surface area contributed by atoms with Crippen molar-refractivity contribution in [2.24, 2.45) is 0 Å². The van der Waals surface area contributed by atoms with Crippen LogP contribution in [0.5, 0.6) is 11.5 Å². The summed E-state index contributed by atoms with van der Waals surface area (Å²) >= 11 is 5.57. The summed E-state index contributed by atoms with van der Waals surface area (Å²) in [5.74, 6) is -0.904. The molecular weight excluding hydrogens is 358 g/mol. The van der Waals surface area contributed by atoms with Crippen molar-refractivity contribution in [3.63, 3.8) is 0 Å². The van der Waals surface area contributed by atoms with E-state index in [-0.39, 0.29) is 50.3 Å². The van der Waals surface area contributed by atoms with Crippen LogP contribution in [0.3, 0.4) is 0 Å². The molecular formula is C19H14ClNO5. The summed E-state index contributed by atoms with van der Waals surface area (Å²) in [6.07, 6.45) is 0. The van der Waals surface area contributed by atoms with Crippen molar-refractivity contribution in [3.05, 3.63) is 64.2 Å². The molecule has 0 aromatic heterocycles. The molecule has 0 spiro atoms. The second kappa shape index (κ2) is 6.65. The number of methoxy groups -OCH3 is 2. The number of amides is 1.